The van der Waals surface area contributed by atoms with Gasteiger partial charge >= 0.3 is 0 Å². The summed E-state index contributed by atoms with van der Waals surface area (Å²) in [6.07, 6.45) is 10.0. The van der Waals surface area contributed by atoms with Crippen molar-refractivity contribution in [2.75, 3.05) is 5.73 Å². The SMILES string of the molecule is Nc1ncc(-c2ccc(C3(c4nnc(-c5cccnc5)o4)CCC3)cc2)cn1. The normalized spacial score (nSPS) is 15.1. The summed E-state index contributed by atoms with van der Waals surface area (Å²) in [5.74, 6) is 1.45. The van der Waals surface area contributed by atoms with Crippen molar-refractivity contribution in [1.29, 1.82) is 0 Å². The monoisotopic (exact) mass is 370 g/mol. The molecule has 0 spiro atoms. The third kappa shape index (κ3) is 2.72. The van der Waals surface area contributed by atoms with E-state index in [-0.39, 0.29) is 11.4 Å². The lowest BCUT2D eigenvalue weighted by Gasteiger charge is -2.39. The van der Waals surface area contributed by atoms with Crippen LogP contribution in [0, 0.1) is 0 Å². The Labute approximate surface area is 161 Å². The molecule has 3 aromatic heterocycles. The minimum absolute atomic E-state index is 0.219. The van der Waals surface area contributed by atoms with E-state index in [9.17, 15) is 0 Å². The second-order valence-electron chi connectivity index (χ2n) is 7.00. The lowest BCUT2D eigenvalue weighted by molar-refractivity contribution is 0.241. The summed E-state index contributed by atoms with van der Waals surface area (Å²) in [4.78, 5) is 12.2. The fourth-order valence-electron chi connectivity index (χ4n) is 3.65. The standard InChI is InChI=1S/C21H18N6O/c22-20-24-12-16(13-25-20)14-4-6-17(7-5-14)21(8-2-9-21)19-27-26-18(28-19)15-3-1-10-23-11-15/h1,3-7,10-13H,2,8-9H2,(H2,22,24,25). The second kappa shape index (κ2) is 6.53. The summed E-state index contributed by atoms with van der Waals surface area (Å²) in [5, 5.41) is 8.62. The Morgan fingerprint density at radius 1 is 0.857 bits per heavy atom. The van der Waals surface area contributed by atoms with Crippen LogP contribution in [0.5, 0.6) is 0 Å². The Hall–Kier alpha value is -3.61. The molecule has 1 aromatic carbocycles. The molecule has 0 aliphatic heterocycles. The van der Waals surface area contributed by atoms with Crippen LogP contribution in [0.1, 0.15) is 30.7 Å². The van der Waals surface area contributed by atoms with E-state index < -0.39 is 0 Å². The minimum Gasteiger partial charge on any atom is -0.420 e. The van der Waals surface area contributed by atoms with Crippen molar-refractivity contribution < 1.29 is 4.42 Å². The van der Waals surface area contributed by atoms with E-state index in [2.05, 4.69) is 49.4 Å². The van der Waals surface area contributed by atoms with Crippen LogP contribution in [0.25, 0.3) is 22.6 Å². The van der Waals surface area contributed by atoms with Crippen molar-refractivity contribution in [3.8, 4) is 22.6 Å². The van der Waals surface area contributed by atoms with Gasteiger partial charge in [0.1, 0.15) is 0 Å². The average molecular weight is 370 g/mol. The van der Waals surface area contributed by atoms with E-state index in [0.29, 0.717) is 11.8 Å². The molecule has 28 heavy (non-hydrogen) atoms. The number of nitrogen functional groups attached to an aromatic ring is 1. The van der Waals surface area contributed by atoms with Crippen molar-refractivity contribution in [2.24, 2.45) is 0 Å². The van der Waals surface area contributed by atoms with Crippen LogP contribution in [0.4, 0.5) is 5.95 Å². The third-order valence-corrected chi connectivity index (χ3v) is 5.39. The number of hydrogen-bond acceptors (Lipinski definition) is 7. The van der Waals surface area contributed by atoms with E-state index in [4.69, 9.17) is 10.2 Å². The zero-order chi connectivity index (χ0) is 19.0. The maximum absolute atomic E-state index is 6.06. The number of nitrogens with two attached hydrogens (primary N) is 1. The van der Waals surface area contributed by atoms with Crippen LogP contribution in [0.3, 0.4) is 0 Å². The first kappa shape index (κ1) is 16.6. The van der Waals surface area contributed by atoms with E-state index in [1.54, 1.807) is 24.8 Å². The lowest BCUT2D eigenvalue weighted by atomic mass is 9.64. The predicted molar refractivity (Wildman–Crippen MR) is 104 cm³/mol. The molecule has 138 valence electrons. The highest BCUT2D eigenvalue weighted by Gasteiger charge is 2.45. The minimum atomic E-state index is -0.219. The number of hydrogen-bond donors (Lipinski definition) is 1. The Morgan fingerprint density at radius 3 is 2.29 bits per heavy atom. The fraction of sp³-hybridized carbons (Fsp3) is 0.190. The summed E-state index contributed by atoms with van der Waals surface area (Å²) in [5.41, 5.74) is 9.33. The number of anilines is 1. The van der Waals surface area contributed by atoms with Gasteiger partial charge < -0.3 is 10.2 Å². The van der Waals surface area contributed by atoms with Crippen LogP contribution in [0.2, 0.25) is 0 Å². The van der Waals surface area contributed by atoms with Crippen molar-refractivity contribution in [1.82, 2.24) is 25.1 Å². The first-order chi connectivity index (χ1) is 13.7. The molecule has 7 heteroatoms. The Morgan fingerprint density at radius 2 is 1.64 bits per heavy atom. The molecule has 0 amide bonds. The molecule has 1 aliphatic carbocycles. The Kier molecular flexibility index (Phi) is 3.86. The number of rotatable bonds is 4. The van der Waals surface area contributed by atoms with Gasteiger partial charge in [-0.25, -0.2) is 9.97 Å². The molecule has 1 fully saturated rings. The summed E-state index contributed by atoms with van der Waals surface area (Å²) in [6.45, 7) is 0. The van der Waals surface area contributed by atoms with Gasteiger partial charge in [-0.05, 0) is 36.1 Å². The van der Waals surface area contributed by atoms with Crippen LogP contribution >= 0.6 is 0 Å². The van der Waals surface area contributed by atoms with Crippen molar-refractivity contribution in [2.45, 2.75) is 24.7 Å². The van der Waals surface area contributed by atoms with Crippen molar-refractivity contribution in [3.05, 3.63) is 72.6 Å². The van der Waals surface area contributed by atoms with Crippen LogP contribution in [-0.2, 0) is 5.41 Å². The van der Waals surface area contributed by atoms with Gasteiger partial charge in [-0.3, -0.25) is 4.98 Å². The number of nitrogens with zero attached hydrogens (tertiary/aromatic N) is 5. The molecule has 3 heterocycles. The Balaban J connectivity index is 1.47. The van der Waals surface area contributed by atoms with E-state index in [1.165, 1.54) is 5.56 Å². The van der Waals surface area contributed by atoms with Gasteiger partial charge in [0, 0.05) is 30.4 Å². The lowest BCUT2D eigenvalue weighted by Crippen LogP contribution is -2.35. The van der Waals surface area contributed by atoms with E-state index >= 15 is 0 Å². The van der Waals surface area contributed by atoms with Gasteiger partial charge in [0.25, 0.3) is 0 Å². The summed E-state index contributed by atoms with van der Waals surface area (Å²) in [6, 6.07) is 12.2. The smallest absolute Gasteiger partial charge is 0.249 e. The van der Waals surface area contributed by atoms with Gasteiger partial charge in [0.05, 0.1) is 11.0 Å². The largest absolute Gasteiger partial charge is 0.420 e. The average Bonchev–Trinajstić information content (AvgIpc) is 3.19. The number of aromatic nitrogens is 5. The first-order valence-electron chi connectivity index (χ1n) is 9.17. The van der Waals surface area contributed by atoms with Gasteiger partial charge in [-0.1, -0.05) is 30.7 Å². The highest BCUT2D eigenvalue weighted by atomic mass is 16.4. The van der Waals surface area contributed by atoms with Gasteiger partial charge in [-0.2, -0.15) is 0 Å². The quantitative estimate of drug-likeness (QED) is 0.585. The number of pyridine rings is 1. The molecular weight excluding hydrogens is 352 g/mol. The van der Waals surface area contributed by atoms with Crippen LogP contribution < -0.4 is 5.73 Å². The van der Waals surface area contributed by atoms with E-state index in [1.807, 2.05) is 12.1 Å². The van der Waals surface area contributed by atoms with Gasteiger partial charge in [0.2, 0.25) is 17.7 Å². The highest BCUT2D eigenvalue weighted by molar-refractivity contribution is 5.63. The molecular formula is C21H18N6O. The van der Waals surface area contributed by atoms with Gasteiger partial charge in [0.15, 0.2) is 0 Å². The zero-order valence-electron chi connectivity index (χ0n) is 15.1. The molecule has 7 nitrogen and oxygen atoms in total. The predicted octanol–water partition coefficient (Wildman–Crippen LogP) is 3.64. The molecule has 1 aliphatic rings. The highest BCUT2D eigenvalue weighted by Crippen LogP contribution is 2.49. The molecule has 1 saturated carbocycles. The molecule has 4 aromatic rings. The van der Waals surface area contributed by atoms with E-state index in [0.717, 1.165) is 36.0 Å². The molecule has 0 atom stereocenters. The zero-order valence-corrected chi connectivity index (χ0v) is 15.1. The van der Waals surface area contributed by atoms with Crippen molar-refractivity contribution in [3.63, 3.8) is 0 Å². The first-order valence-corrected chi connectivity index (χ1v) is 9.17. The maximum atomic E-state index is 6.06. The molecule has 2 N–H and O–H groups in total. The molecule has 0 saturated heterocycles. The van der Waals surface area contributed by atoms with Crippen LogP contribution in [0.15, 0.2) is 65.6 Å². The third-order valence-electron chi connectivity index (χ3n) is 5.39. The Bertz CT molecular complexity index is 1090. The summed E-state index contributed by atoms with van der Waals surface area (Å²) in [7, 11) is 0. The second-order valence-corrected chi connectivity index (χ2v) is 7.00. The molecule has 0 unspecified atom stereocenters. The van der Waals surface area contributed by atoms with Crippen LogP contribution in [-0.4, -0.2) is 25.1 Å². The number of benzene rings is 1. The molecule has 0 bridgehead atoms. The topological polar surface area (TPSA) is 104 Å². The summed E-state index contributed by atoms with van der Waals surface area (Å²) < 4.78 is 6.06. The maximum Gasteiger partial charge on any atom is 0.249 e. The summed E-state index contributed by atoms with van der Waals surface area (Å²) >= 11 is 0. The molecule has 5 rings (SSSR count). The van der Waals surface area contributed by atoms with Gasteiger partial charge in [-0.15, -0.1) is 10.2 Å². The van der Waals surface area contributed by atoms with Crippen molar-refractivity contribution >= 4 is 5.95 Å². The fourth-order valence-corrected chi connectivity index (χ4v) is 3.65. The molecule has 0 radical (unpaired) electrons.